The van der Waals surface area contributed by atoms with Crippen LogP contribution < -0.4 is 5.32 Å². The molecule has 2 unspecified atom stereocenters. The van der Waals surface area contributed by atoms with E-state index in [1.165, 1.54) is 6.42 Å². The van der Waals surface area contributed by atoms with Crippen molar-refractivity contribution in [2.24, 2.45) is 17.3 Å². The molecule has 1 heterocycles. The molecule has 3 atom stereocenters. The van der Waals surface area contributed by atoms with Gasteiger partial charge >= 0.3 is 7.12 Å². The lowest BCUT2D eigenvalue weighted by atomic mass is 9.60. The lowest BCUT2D eigenvalue weighted by molar-refractivity contribution is -0.138. The van der Waals surface area contributed by atoms with Gasteiger partial charge in [0.2, 0.25) is 5.91 Å². The highest BCUT2D eigenvalue weighted by Crippen LogP contribution is 2.48. The monoisotopic (exact) mass is 422 g/mol. The maximum Gasteiger partial charge on any atom is 0.457 e. The average molecular weight is 422 g/mol. The van der Waals surface area contributed by atoms with Gasteiger partial charge in [-0.25, -0.2) is 0 Å². The molecule has 0 aromatic rings. The third-order valence-corrected chi connectivity index (χ3v) is 7.58. The molecule has 2 rings (SSSR count). The number of carbonyl (C=O) groups excluding carboxylic acids is 1. The highest BCUT2D eigenvalue weighted by Gasteiger charge is 2.51. The van der Waals surface area contributed by atoms with Crippen molar-refractivity contribution in [2.45, 2.75) is 111 Å². The van der Waals surface area contributed by atoms with E-state index in [-0.39, 0.29) is 35.2 Å². The van der Waals surface area contributed by atoms with Gasteiger partial charge in [0.25, 0.3) is 0 Å². The van der Waals surface area contributed by atoms with E-state index in [4.69, 9.17) is 9.31 Å². The van der Waals surface area contributed by atoms with Crippen molar-refractivity contribution in [3.63, 3.8) is 0 Å². The van der Waals surface area contributed by atoms with E-state index in [2.05, 4.69) is 79.7 Å². The molecule has 1 aliphatic heterocycles. The van der Waals surface area contributed by atoms with Crippen LogP contribution in [0.2, 0.25) is 6.32 Å². The van der Waals surface area contributed by atoms with Crippen LogP contribution in [0, 0.1) is 17.3 Å². The van der Waals surface area contributed by atoms with Gasteiger partial charge in [0.15, 0.2) is 0 Å². The Morgan fingerprint density at radius 2 is 1.60 bits per heavy atom. The summed E-state index contributed by atoms with van der Waals surface area (Å²) < 4.78 is 12.4. The molecule has 0 aromatic carbocycles. The number of carbonyl (C=O) groups is 1. The Morgan fingerprint density at radius 1 is 1.03 bits per heavy atom. The van der Waals surface area contributed by atoms with Gasteiger partial charge in [-0.2, -0.15) is 0 Å². The van der Waals surface area contributed by atoms with Crippen molar-refractivity contribution >= 4 is 13.0 Å². The van der Waals surface area contributed by atoms with Crippen LogP contribution in [0.1, 0.15) is 87.5 Å². The minimum absolute atomic E-state index is 0.142. The Labute approximate surface area is 186 Å². The summed E-state index contributed by atoms with van der Waals surface area (Å²) in [6.07, 6.45) is 6.29. The molecule has 5 nitrogen and oxygen atoms in total. The second kappa shape index (κ2) is 9.11. The summed E-state index contributed by atoms with van der Waals surface area (Å²) in [6, 6.07) is 0. The molecule has 1 saturated heterocycles. The third-order valence-electron chi connectivity index (χ3n) is 7.58. The molecule has 1 N–H and O–H groups in total. The summed E-state index contributed by atoms with van der Waals surface area (Å²) in [7, 11) is 4.09. The summed E-state index contributed by atoms with van der Waals surface area (Å²) >= 11 is 0. The van der Waals surface area contributed by atoms with Crippen LogP contribution in [0.3, 0.4) is 0 Å². The van der Waals surface area contributed by atoms with E-state index >= 15 is 0 Å². The van der Waals surface area contributed by atoms with Crippen LogP contribution in [0.15, 0.2) is 0 Å². The number of rotatable bonds is 7. The van der Waals surface area contributed by atoms with Gasteiger partial charge in [-0.3, -0.25) is 4.79 Å². The second-order valence-corrected chi connectivity index (χ2v) is 12.3. The molecule has 0 bridgehead atoms. The zero-order chi connectivity index (χ0) is 23.0. The predicted octanol–water partition coefficient (Wildman–Crippen LogP) is 4.76. The molecule has 30 heavy (non-hydrogen) atoms. The van der Waals surface area contributed by atoms with Gasteiger partial charge in [0, 0.05) is 11.0 Å². The molecule has 2 fully saturated rings. The topological polar surface area (TPSA) is 50.8 Å². The molecule has 1 saturated carbocycles. The van der Waals surface area contributed by atoms with Crippen molar-refractivity contribution in [3.8, 4) is 0 Å². The second-order valence-electron chi connectivity index (χ2n) is 12.3. The normalized spacial score (nSPS) is 31.2. The maximum absolute atomic E-state index is 13.4. The van der Waals surface area contributed by atoms with Crippen LogP contribution >= 0.6 is 0 Å². The Kier molecular flexibility index (Phi) is 7.80. The van der Waals surface area contributed by atoms with Crippen LogP contribution in [0.5, 0.6) is 0 Å². The summed E-state index contributed by atoms with van der Waals surface area (Å²) in [4.78, 5) is 15.6. The first-order valence-corrected chi connectivity index (χ1v) is 11.9. The van der Waals surface area contributed by atoms with Crippen LogP contribution in [0.25, 0.3) is 0 Å². The van der Waals surface area contributed by atoms with Crippen molar-refractivity contribution in [2.75, 3.05) is 20.6 Å². The first kappa shape index (κ1) is 25.7. The molecular weight excluding hydrogens is 375 g/mol. The lowest BCUT2D eigenvalue weighted by Crippen LogP contribution is -2.53. The fraction of sp³-hybridized carbons (Fsp3) is 0.958. The average Bonchev–Trinajstić information content (AvgIpc) is 2.77. The standard InChI is InChI=1S/C24H47BN2O3/c1-21(2,3)26-20(28)24(8)17-18(11-12-19(24)14-16-27(9)10)13-15-25-29-22(4,5)23(6,7)30-25/h18-19H,11-17H2,1-10H3,(H,26,28)/t18-,19?,24?/m0/s1. The van der Waals surface area contributed by atoms with E-state index in [9.17, 15) is 4.79 Å². The van der Waals surface area contributed by atoms with Crippen LogP contribution in [-0.4, -0.2) is 55.3 Å². The Morgan fingerprint density at radius 3 is 2.10 bits per heavy atom. The highest BCUT2D eigenvalue weighted by molar-refractivity contribution is 6.45. The largest absolute Gasteiger partial charge is 0.457 e. The number of nitrogens with one attached hydrogen (secondary N) is 1. The number of hydrogen-bond donors (Lipinski definition) is 1. The predicted molar refractivity (Wildman–Crippen MR) is 126 cm³/mol. The number of nitrogens with zero attached hydrogens (tertiary/aromatic N) is 1. The van der Waals surface area contributed by atoms with Gasteiger partial charge in [0.05, 0.1) is 11.2 Å². The summed E-state index contributed by atoms with van der Waals surface area (Å²) in [6.45, 7) is 17.9. The Hall–Kier alpha value is -0.585. The van der Waals surface area contributed by atoms with E-state index in [0.29, 0.717) is 11.8 Å². The molecule has 0 spiro atoms. The first-order valence-electron chi connectivity index (χ1n) is 11.9. The summed E-state index contributed by atoms with van der Waals surface area (Å²) in [5.74, 6) is 1.18. The van der Waals surface area contributed by atoms with Gasteiger partial charge in [-0.05, 0) is 107 Å². The smallest absolute Gasteiger partial charge is 0.403 e. The molecule has 0 aromatic heterocycles. The molecule has 1 aliphatic carbocycles. The van der Waals surface area contributed by atoms with E-state index in [0.717, 1.165) is 38.5 Å². The summed E-state index contributed by atoms with van der Waals surface area (Å²) in [5, 5.41) is 3.28. The third kappa shape index (κ3) is 6.23. The van der Waals surface area contributed by atoms with Crippen molar-refractivity contribution in [3.05, 3.63) is 0 Å². The Balaban J connectivity index is 2.04. The molecular formula is C24H47BN2O3. The highest BCUT2D eigenvalue weighted by atomic mass is 16.7. The fourth-order valence-corrected chi connectivity index (χ4v) is 4.96. The minimum atomic E-state index is -0.317. The van der Waals surface area contributed by atoms with Crippen molar-refractivity contribution < 1.29 is 14.1 Å². The SMILES string of the molecule is CN(C)CCC1CC[C@@H](CCB2OC(C)(C)C(C)(C)O2)CC1(C)C(=O)NC(C)(C)C. The first-order chi connectivity index (χ1) is 13.6. The maximum atomic E-state index is 13.4. The molecule has 2 aliphatic rings. The zero-order valence-electron chi connectivity index (χ0n) is 21.4. The van der Waals surface area contributed by atoms with Gasteiger partial charge in [0.1, 0.15) is 0 Å². The van der Waals surface area contributed by atoms with E-state index in [1.54, 1.807) is 0 Å². The van der Waals surface area contributed by atoms with Crippen molar-refractivity contribution in [1.82, 2.24) is 10.2 Å². The van der Waals surface area contributed by atoms with E-state index in [1.807, 2.05) is 0 Å². The quantitative estimate of drug-likeness (QED) is 0.601. The van der Waals surface area contributed by atoms with Gasteiger partial charge in [-0.1, -0.05) is 19.8 Å². The van der Waals surface area contributed by atoms with E-state index < -0.39 is 0 Å². The Bertz CT molecular complexity index is 584. The lowest BCUT2D eigenvalue weighted by Gasteiger charge is -2.45. The van der Waals surface area contributed by atoms with Crippen molar-refractivity contribution in [1.29, 1.82) is 0 Å². The van der Waals surface area contributed by atoms with Gasteiger partial charge in [-0.15, -0.1) is 0 Å². The zero-order valence-corrected chi connectivity index (χ0v) is 21.4. The molecule has 174 valence electrons. The fourth-order valence-electron chi connectivity index (χ4n) is 4.96. The van der Waals surface area contributed by atoms with Gasteiger partial charge < -0.3 is 19.5 Å². The molecule has 0 radical (unpaired) electrons. The molecule has 1 amide bonds. The van der Waals surface area contributed by atoms with Crippen LogP contribution in [-0.2, 0) is 14.1 Å². The molecule has 6 heteroatoms. The number of amides is 1. The summed E-state index contributed by atoms with van der Waals surface area (Å²) in [5.41, 5.74) is -1.07. The minimum Gasteiger partial charge on any atom is -0.403 e. The van der Waals surface area contributed by atoms with Crippen LogP contribution in [0.4, 0.5) is 0 Å². The number of hydrogen-bond acceptors (Lipinski definition) is 4.